The predicted octanol–water partition coefficient (Wildman–Crippen LogP) is 2.48. The Bertz CT molecular complexity index is 1130. The van der Waals surface area contributed by atoms with Crippen LogP contribution < -0.4 is 21.3 Å². The number of nitro groups is 1. The predicted molar refractivity (Wildman–Crippen MR) is 121 cm³/mol. The van der Waals surface area contributed by atoms with Crippen LogP contribution in [0.5, 0.6) is 5.75 Å². The highest BCUT2D eigenvalue weighted by Gasteiger charge is 2.13. The largest absolute Gasteiger partial charge is 0.492 e. The molecule has 1 heterocycles. The van der Waals surface area contributed by atoms with Crippen LogP contribution in [0.2, 0.25) is 0 Å². The fourth-order valence-electron chi connectivity index (χ4n) is 2.50. The lowest BCUT2D eigenvalue weighted by Crippen LogP contribution is -2.17. The van der Waals surface area contributed by atoms with Gasteiger partial charge in [0.15, 0.2) is 0 Å². The van der Waals surface area contributed by atoms with Gasteiger partial charge in [-0.3, -0.25) is 14.9 Å². The van der Waals surface area contributed by atoms with Crippen LogP contribution in [0.3, 0.4) is 0 Å². The molecule has 32 heavy (non-hydrogen) atoms. The van der Waals surface area contributed by atoms with Gasteiger partial charge < -0.3 is 15.9 Å². The molecule has 0 radical (unpaired) electrons. The molecule has 2 aromatic carbocycles. The summed E-state index contributed by atoms with van der Waals surface area (Å²) in [5, 5.41) is 25.7. The number of nitrogens with zero attached hydrogens (tertiary/aromatic N) is 5. The third-order valence-electron chi connectivity index (χ3n) is 3.92. The van der Waals surface area contributed by atoms with Crippen molar-refractivity contribution in [3.05, 3.63) is 64.2 Å². The maximum Gasteiger partial charge on any atom is 0.270 e. The highest BCUT2D eigenvalue weighted by molar-refractivity contribution is 7.99. The topological polar surface area (TPSA) is 163 Å². The van der Waals surface area contributed by atoms with Crippen LogP contribution >= 0.6 is 11.8 Å². The first-order valence-corrected chi connectivity index (χ1v) is 10.3. The van der Waals surface area contributed by atoms with Crippen molar-refractivity contribution in [1.82, 2.24) is 14.9 Å². The number of amides is 1. The van der Waals surface area contributed by atoms with Crippen molar-refractivity contribution in [2.24, 2.45) is 5.10 Å². The number of aromatic nitrogens is 3. The zero-order valence-electron chi connectivity index (χ0n) is 17.0. The normalized spacial score (nSPS) is 10.8. The minimum atomic E-state index is -0.490. The average Bonchev–Trinajstić information content (AvgIpc) is 3.13. The Morgan fingerprint density at radius 3 is 2.91 bits per heavy atom. The lowest BCUT2D eigenvalue weighted by Gasteiger charge is -2.10. The Kier molecular flexibility index (Phi) is 7.59. The number of nitrogen functional groups attached to an aromatic ring is 1. The third kappa shape index (κ3) is 5.95. The van der Waals surface area contributed by atoms with E-state index in [0.717, 1.165) is 16.4 Å². The van der Waals surface area contributed by atoms with E-state index < -0.39 is 4.92 Å². The van der Waals surface area contributed by atoms with E-state index >= 15 is 0 Å². The van der Waals surface area contributed by atoms with Crippen molar-refractivity contribution in [2.45, 2.75) is 12.1 Å². The van der Waals surface area contributed by atoms with E-state index in [0.29, 0.717) is 28.8 Å². The number of nitro benzene ring substituents is 1. The van der Waals surface area contributed by atoms with Gasteiger partial charge in [-0.15, -0.1) is 10.2 Å². The molecule has 4 N–H and O–H groups in total. The summed E-state index contributed by atoms with van der Waals surface area (Å²) in [4.78, 5) is 22.6. The second-order valence-corrected chi connectivity index (χ2v) is 7.11. The van der Waals surface area contributed by atoms with Crippen LogP contribution in [0.25, 0.3) is 0 Å². The van der Waals surface area contributed by atoms with Crippen molar-refractivity contribution in [2.75, 3.05) is 28.9 Å². The number of nitrogens with one attached hydrogen (secondary N) is 2. The molecule has 0 aliphatic heterocycles. The summed E-state index contributed by atoms with van der Waals surface area (Å²) in [6.45, 7) is 2.35. The Balaban J connectivity index is 1.55. The van der Waals surface area contributed by atoms with E-state index in [4.69, 9.17) is 10.6 Å². The molecule has 0 aliphatic rings. The molecule has 1 amide bonds. The molecule has 0 atom stereocenters. The summed E-state index contributed by atoms with van der Waals surface area (Å²) in [6.07, 6.45) is 1.39. The van der Waals surface area contributed by atoms with Gasteiger partial charge in [0.2, 0.25) is 11.1 Å². The number of benzene rings is 2. The first-order valence-electron chi connectivity index (χ1n) is 9.36. The number of non-ortho nitro benzene ring substituents is 1. The maximum atomic E-state index is 12.3. The average molecular weight is 456 g/mol. The van der Waals surface area contributed by atoms with Gasteiger partial charge >= 0.3 is 0 Å². The summed E-state index contributed by atoms with van der Waals surface area (Å²) < 4.78 is 6.64. The first-order chi connectivity index (χ1) is 15.5. The van der Waals surface area contributed by atoms with Gasteiger partial charge in [0.25, 0.3) is 11.6 Å². The zero-order chi connectivity index (χ0) is 22.9. The lowest BCUT2D eigenvalue weighted by molar-refractivity contribution is -0.384. The van der Waals surface area contributed by atoms with Gasteiger partial charge in [-0.05, 0) is 19.1 Å². The molecule has 13 heteroatoms. The number of carbonyl (C=O) groups is 1. The lowest BCUT2D eigenvalue weighted by atomic mass is 10.2. The quantitative estimate of drug-likeness (QED) is 0.137. The molecule has 0 saturated heterocycles. The fourth-order valence-corrected chi connectivity index (χ4v) is 3.16. The molecule has 0 saturated carbocycles. The Labute approximate surface area is 187 Å². The van der Waals surface area contributed by atoms with Crippen LogP contribution in [-0.4, -0.2) is 44.3 Å². The molecule has 0 aliphatic carbocycles. The van der Waals surface area contributed by atoms with Gasteiger partial charge in [-0.25, -0.2) is 10.1 Å². The Morgan fingerprint density at radius 1 is 1.31 bits per heavy atom. The number of carbonyl (C=O) groups excluding carboxylic acids is 1. The van der Waals surface area contributed by atoms with E-state index in [-0.39, 0.29) is 23.3 Å². The minimum absolute atomic E-state index is 0.0446. The van der Waals surface area contributed by atoms with Crippen molar-refractivity contribution in [3.63, 3.8) is 0 Å². The van der Waals surface area contributed by atoms with Crippen molar-refractivity contribution >= 4 is 41.2 Å². The SMILES string of the molecule is CCOc1ccccc1NC(=O)CSc1nnc(N/N=C/c2cccc([N+](=O)[O-])c2)n1N. The number of para-hydroxylation sites is 2. The smallest absolute Gasteiger partial charge is 0.270 e. The van der Waals surface area contributed by atoms with Crippen molar-refractivity contribution < 1.29 is 14.5 Å². The monoisotopic (exact) mass is 456 g/mol. The van der Waals surface area contributed by atoms with E-state index in [1.54, 1.807) is 30.3 Å². The summed E-state index contributed by atoms with van der Waals surface area (Å²) in [7, 11) is 0. The molecule has 3 aromatic rings. The second-order valence-electron chi connectivity index (χ2n) is 6.16. The Morgan fingerprint density at radius 2 is 2.12 bits per heavy atom. The standard InChI is InChI=1S/C19H20N8O4S/c1-2-31-16-9-4-3-8-15(16)22-17(28)12-32-19-25-24-18(26(19)20)23-21-11-13-6-5-7-14(10-13)27(29)30/h3-11H,2,12,20H2,1H3,(H,22,28)(H,23,24)/b21-11+. The summed E-state index contributed by atoms with van der Waals surface area (Å²) in [6, 6.07) is 13.1. The number of rotatable bonds is 10. The van der Waals surface area contributed by atoms with E-state index in [2.05, 4.69) is 26.0 Å². The summed E-state index contributed by atoms with van der Waals surface area (Å²) in [5.41, 5.74) is 3.67. The number of ether oxygens (including phenoxy) is 1. The number of hydrazone groups is 1. The van der Waals surface area contributed by atoms with E-state index in [1.165, 1.54) is 18.3 Å². The van der Waals surface area contributed by atoms with Gasteiger partial charge in [0.05, 0.1) is 29.2 Å². The van der Waals surface area contributed by atoms with Crippen LogP contribution in [0.4, 0.5) is 17.3 Å². The molecule has 12 nitrogen and oxygen atoms in total. The number of nitrogens with two attached hydrogens (primary N) is 1. The minimum Gasteiger partial charge on any atom is -0.492 e. The molecule has 166 valence electrons. The van der Waals surface area contributed by atoms with Crippen LogP contribution in [-0.2, 0) is 4.79 Å². The second kappa shape index (κ2) is 10.8. The van der Waals surface area contributed by atoms with E-state index in [1.807, 2.05) is 13.0 Å². The number of thioether (sulfide) groups is 1. The van der Waals surface area contributed by atoms with E-state index in [9.17, 15) is 14.9 Å². The van der Waals surface area contributed by atoms with Crippen molar-refractivity contribution in [3.8, 4) is 5.75 Å². The highest BCUT2D eigenvalue weighted by Crippen LogP contribution is 2.24. The Hall–Kier alpha value is -4.13. The summed E-state index contributed by atoms with van der Waals surface area (Å²) >= 11 is 1.09. The van der Waals surface area contributed by atoms with Crippen LogP contribution in [0, 0.1) is 10.1 Å². The highest BCUT2D eigenvalue weighted by atomic mass is 32.2. The van der Waals surface area contributed by atoms with Gasteiger partial charge in [0.1, 0.15) is 5.75 Å². The third-order valence-corrected chi connectivity index (χ3v) is 4.86. The van der Waals surface area contributed by atoms with Crippen molar-refractivity contribution in [1.29, 1.82) is 0 Å². The van der Waals surface area contributed by atoms with Gasteiger partial charge in [0, 0.05) is 17.7 Å². The molecule has 1 aromatic heterocycles. The number of anilines is 2. The molecule has 0 spiro atoms. The van der Waals surface area contributed by atoms with Crippen LogP contribution in [0.1, 0.15) is 12.5 Å². The van der Waals surface area contributed by atoms with Crippen LogP contribution in [0.15, 0.2) is 58.8 Å². The number of hydrogen-bond acceptors (Lipinski definition) is 10. The van der Waals surface area contributed by atoms with Gasteiger partial charge in [-0.2, -0.15) is 5.10 Å². The zero-order valence-corrected chi connectivity index (χ0v) is 17.8. The molecule has 3 rings (SSSR count). The molecular formula is C19H20N8O4S. The molecule has 0 bridgehead atoms. The summed E-state index contributed by atoms with van der Waals surface area (Å²) in [5.74, 6) is 6.45. The molecule has 0 fully saturated rings. The van der Waals surface area contributed by atoms with Gasteiger partial charge in [-0.1, -0.05) is 36.0 Å². The number of hydrogen-bond donors (Lipinski definition) is 3. The first kappa shape index (κ1) is 22.6. The molecule has 0 unspecified atom stereocenters. The fraction of sp³-hybridized carbons (Fsp3) is 0.158. The molecular weight excluding hydrogens is 436 g/mol. The maximum absolute atomic E-state index is 12.3.